The van der Waals surface area contributed by atoms with Crippen molar-refractivity contribution >= 4 is 17.5 Å². The Morgan fingerprint density at radius 1 is 0.955 bits per heavy atom. The lowest BCUT2D eigenvalue weighted by Gasteiger charge is -2.12. The van der Waals surface area contributed by atoms with Gasteiger partial charge >= 0.3 is 6.18 Å². The average molecular weight is 308 g/mol. The van der Waals surface area contributed by atoms with Crippen molar-refractivity contribution < 1.29 is 22.8 Å². The van der Waals surface area contributed by atoms with E-state index in [1.807, 2.05) is 5.32 Å². The second-order valence-electron chi connectivity index (χ2n) is 4.45. The zero-order valence-electron chi connectivity index (χ0n) is 11.1. The molecule has 22 heavy (non-hydrogen) atoms. The van der Waals surface area contributed by atoms with Crippen molar-refractivity contribution in [2.24, 2.45) is 0 Å². The molecule has 2 rings (SSSR count). The third-order valence-corrected chi connectivity index (χ3v) is 2.85. The lowest BCUT2D eigenvalue weighted by atomic mass is 10.1. The Morgan fingerprint density at radius 2 is 1.64 bits per heavy atom. The van der Waals surface area contributed by atoms with Crippen molar-refractivity contribution in [3.63, 3.8) is 0 Å². The molecule has 7 heteroatoms. The number of nitrogens with one attached hydrogen (secondary N) is 1. The van der Waals surface area contributed by atoms with Crippen molar-refractivity contribution in [2.75, 3.05) is 5.73 Å². The van der Waals surface area contributed by atoms with E-state index in [1.54, 1.807) is 0 Å². The predicted octanol–water partition coefficient (Wildman–Crippen LogP) is 2.86. The Kier molecular flexibility index (Phi) is 4.16. The van der Waals surface area contributed by atoms with Gasteiger partial charge in [-0.3, -0.25) is 14.9 Å². The van der Waals surface area contributed by atoms with Crippen LogP contribution in [0.25, 0.3) is 0 Å². The number of alkyl halides is 3. The van der Waals surface area contributed by atoms with Crippen LogP contribution in [-0.2, 0) is 6.18 Å². The fourth-order valence-electron chi connectivity index (χ4n) is 1.85. The number of imide groups is 1. The molecule has 2 aromatic carbocycles. The van der Waals surface area contributed by atoms with Crippen molar-refractivity contribution in [1.29, 1.82) is 0 Å². The van der Waals surface area contributed by atoms with Gasteiger partial charge in [0, 0.05) is 11.3 Å². The molecule has 0 aliphatic heterocycles. The number of nitrogen functional groups attached to an aromatic ring is 1. The van der Waals surface area contributed by atoms with Gasteiger partial charge < -0.3 is 5.73 Å². The minimum atomic E-state index is -4.69. The third kappa shape index (κ3) is 3.43. The van der Waals surface area contributed by atoms with E-state index in [0.29, 0.717) is 5.69 Å². The van der Waals surface area contributed by atoms with Crippen LogP contribution >= 0.6 is 0 Å². The maximum atomic E-state index is 12.8. The molecule has 0 fully saturated rings. The zero-order chi connectivity index (χ0) is 16.3. The van der Waals surface area contributed by atoms with Gasteiger partial charge in [-0.15, -0.1) is 0 Å². The van der Waals surface area contributed by atoms with Crippen LogP contribution < -0.4 is 11.1 Å². The monoisotopic (exact) mass is 308 g/mol. The number of halogens is 3. The number of carbonyl (C=O) groups excluding carboxylic acids is 2. The summed E-state index contributed by atoms with van der Waals surface area (Å²) in [5.74, 6) is -1.95. The summed E-state index contributed by atoms with van der Waals surface area (Å²) in [6.07, 6.45) is -4.69. The quantitative estimate of drug-likeness (QED) is 0.662. The summed E-state index contributed by atoms with van der Waals surface area (Å²) in [4.78, 5) is 23.8. The Bertz CT molecular complexity index is 727. The van der Waals surface area contributed by atoms with E-state index in [9.17, 15) is 22.8 Å². The third-order valence-electron chi connectivity index (χ3n) is 2.85. The van der Waals surface area contributed by atoms with Crippen LogP contribution in [0.4, 0.5) is 18.9 Å². The van der Waals surface area contributed by atoms with Gasteiger partial charge in [0.25, 0.3) is 11.8 Å². The van der Waals surface area contributed by atoms with Crippen molar-refractivity contribution in [2.45, 2.75) is 6.18 Å². The van der Waals surface area contributed by atoms with Crippen molar-refractivity contribution in [3.05, 3.63) is 65.2 Å². The lowest BCUT2D eigenvalue weighted by molar-refractivity contribution is -0.137. The highest BCUT2D eigenvalue weighted by Crippen LogP contribution is 2.31. The molecule has 0 radical (unpaired) electrons. The number of hydrogen-bond acceptors (Lipinski definition) is 3. The summed E-state index contributed by atoms with van der Waals surface area (Å²) < 4.78 is 38.5. The van der Waals surface area contributed by atoms with Gasteiger partial charge in [0.15, 0.2) is 0 Å². The number of carbonyl (C=O) groups is 2. The fraction of sp³-hybridized carbons (Fsp3) is 0.0667. The second kappa shape index (κ2) is 5.88. The molecule has 0 unspecified atom stereocenters. The summed E-state index contributed by atoms with van der Waals surface area (Å²) in [5, 5.41) is 1.92. The first-order chi connectivity index (χ1) is 10.3. The minimum absolute atomic E-state index is 0.0813. The molecule has 0 spiro atoms. The van der Waals surface area contributed by atoms with Gasteiger partial charge in [-0.1, -0.05) is 18.2 Å². The normalized spacial score (nSPS) is 11.0. The summed E-state index contributed by atoms with van der Waals surface area (Å²) in [6.45, 7) is 0. The molecule has 114 valence electrons. The first-order valence-electron chi connectivity index (χ1n) is 6.16. The molecule has 0 bridgehead atoms. The molecule has 0 aliphatic carbocycles. The van der Waals surface area contributed by atoms with Gasteiger partial charge in [0.1, 0.15) is 0 Å². The molecule has 0 atom stereocenters. The standard InChI is InChI=1S/C15H11F3N2O2/c16-15(17,18)12-7-2-1-6-11(12)14(22)20-13(21)9-4-3-5-10(19)8-9/h1-8H,19H2,(H,20,21,22). The number of benzene rings is 2. The summed E-state index contributed by atoms with van der Waals surface area (Å²) in [7, 11) is 0. The Hall–Kier alpha value is -2.83. The number of nitrogens with two attached hydrogens (primary N) is 1. The highest BCUT2D eigenvalue weighted by Gasteiger charge is 2.35. The van der Waals surface area contributed by atoms with Gasteiger partial charge in [-0.2, -0.15) is 13.2 Å². The highest BCUT2D eigenvalue weighted by molar-refractivity contribution is 6.11. The van der Waals surface area contributed by atoms with E-state index >= 15 is 0 Å². The van der Waals surface area contributed by atoms with E-state index < -0.39 is 29.1 Å². The van der Waals surface area contributed by atoms with Crippen LogP contribution in [0, 0.1) is 0 Å². The molecule has 0 saturated heterocycles. The van der Waals surface area contributed by atoms with E-state index in [-0.39, 0.29) is 5.56 Å². The van der Waals surface area contributed by atoms with Crippen LogP contribution in [0.1, 0.15) is 26.3 Å². The molecular weight excluding hydrogens is 297 g/mol. The van der Waals surface area contributed by atoms with Gasteiger partial charge in [-0.25, -0.2) is 0 Å². The van der Waals surface area contributed by atoms with E-state index in [2.05, 4.69) is 0 Å². The second-order valence-corrected chi connectivity index (χ2v) is 4.45. The molecule has 0 aliphatic rings. The molecule has 0 saturated carbocycles. The van der Waals surface area contributed by atoms with Crippen LogP contribution in [0.5, 0.6) is 0 Å². The van der Waals surface area contributed by atoms with Crippen molar-refractivity contribution in [3.8, 4) is 0 Å². The molecule has 0 heterocycles. The van der Waals surface area contributed by atoms with Crippen LogP contribution in [-0.4, -0.2) is 11.8 Å². The maximum Gasteiger partial charge on any atom is 0.417 e. The van der Waals surface area contributed by atoms with E-state index in [1.165, 1.54) is 36.4 Å². The SMILES string of the molecule is Nc1cccc(C(=O)NC(=O)c2ccccc2C(F)(F)F)c1. The predicted molar refractivity (Wildman–Crippen MR) is 74.1 cm³/mol. The summed E-state index contributed by atoms with van der Waals surface area (Å²) >= 11 is 0. The molecule has 2 aromatic rings. The molecule has 4 nitrogen and oxygen atoms in total. The maximum absolute atomic E-state index is 12.8. The minimum Gasteiger partial charge on any atom is -0.399 e. The van der Waals surface area contributed by atoms with Crippen LogP contribution in [0.3, 0.4) is 0 Å². The first kappa shape index (κ1) is 15.6. The Morgan fingerprint density at radius 3 is 2.27 bits per heavy atom. The first-order valence-corrected chi connectivity index (χ1v) is 6.16. The summed E-state index contributed by atoms with van der Waals surface area (Å²) in [5.41, 5.74) is 4.17. The Balaban J connectivity index is 2.25. The molecule has 3 N–H and O–H groups in total. The molecular formula is C15H11F3N2O2. The van der Waals surface area contributed by atoms with Gasteiger partial charge in [0.2, 0.25) is 0 Å². The lowest BCUT2D eigenvalue weighted by Crippen LogP contribution is -2.32. The fourth-order valence-corrected chi connectivity index (χ4v) is 1.85. The van der Waals surface area contributed by atoms with Gasteiger partial charge in [0.05, 0.1) is 11.1 Å². The number of amides is 2. The smallest absolute Gasteiger partial charge is 0.399 e. The Labute approximate surface area is 123 Å². The topological polar surface area (TPSA) is 72.2 Å². The number of hydrogen-bond donors (Lipinski definition) is 2. The van der Waals surface area contributed by atoms with Crippen molar-refractivity contribution in [1.82, 2.24) is 5.32 Å². The van der Waals surface area contributed by atoms with Crippen LogP contribution in [0.2, 0.25) is 0 Å². The van der Waals surface area contributed by atoms with Crippen LogP contribution in [0.15, 0.2) is 48.5 Å². The van der Waals surface area contributed by atoms with Gasteiger partial charge in [-0.05, 0) is 30.3 Å². The van der Waals surface area contributed by atoms with E-state index in [4.69, 9.17) is 5.73 Å². The zero-order valence-corrected chi connectivity index (χ0v) is 11.1. The number of rotatable bonds is 2. The number of anilines is 1. The largest absolute Gasteiger partial charge is 0.417 e. The summed E-state index contributed by atoms with van der Waals surface area (Å²) in [6, 6.07) is 9.99. The van der Waals surface area contributed by atoms with E-state index in [0.717, 1.165) is 12.1 Å². The molecule has 0 aromatic heterocycles. The highest BCUT2D eigenvalue weighted by atomic mass is 19.4. The molecule has 2 amide bonds. The average Bonchev–Trinajstić information content (AvgIpc) is 2.46.